The van der Waals surface area contributed by atoms with Crippen molar-refractivity contribution >= 4 is 23.3 Å². The molecule has 0 aromatic heterocycles. The van der Waals surface area contributed by atoms with Crippen molar-refractivity contribution in [2.24, 2.45) is 5.92 Å². The molecule has 5 heteroatoms. The Hall–Kier alpha value is -2.82. The van der Waals surface area contributed by atoms with Crippen LogP contribution in [-0.2, 0) is 11.2 Å². The maximum absolute atomic E-state index is 12.2. The molecule has 27 heavy (non-hydrogen) atoms. The number of hydrogen-bond donors (Lipinski definition) is 3. The molecule has 2 rings (SSSR count). The lowest BCUT2D eigenvalue weighted by molar-refractivity contribution is -0.116. The second kappa shape index (κ2) is 9.76. The average Bonchev–Trinajstić information content (AvgIpc) is 2.62. The van der Waals surface area contributed by atoms with Crippen LogP contribution in [0.2, 0.25) is 0 Å². The van der Waals surface area contributed by atoms with Gasteiger partial charge in [0.1, 0.15) is 0 Å². The van der Waals surface area contributed by atoms with E-state index < -0.39 is 0 Å². The van der Waals surface area contributed by atoms with Crippen LogP contribution in [0.3, 0.4) is 0 Å². The van der Waals surface area contributed by atoms with Crippen LogP contribution in [0.5, 0.6) is 0 Å². The summed E-state index contributed by atoms with van der Waals surface area (Å²) < 4.78 is 0. The molecule has 2 aromatic rings. The van der Waals surface area contributed by atoms with Crippen molar-refractivity contribution in [2.75, 3.05) is 10.6 Å². The molecule has 0 heterocycles. The highest BCUT2D eigenvalue weighted by Crippen LogP contribution is 2.16. The lowest BCUT2D eigenvalue weighted by Gasteiger charge is -2.16. The van der Waals surface area contributed by atoms with Crippen LogP contribution >= 0.6 is 0 Å². The molecule has 0 saturated heterocycles. The maximum Gasteiger partial charge on any atom is 0.319 e. The van der Waals surface area contributed by atoms with Gasteiger partial charge in [0.15, 0.2) is 0 Å². The van der Waals surface area contributed by atoms with Gasteiger partial charge in [-0.1, -0.05) is 45.0 Å². The highest BCUT2D eigenvalue weighted by atomic mass is 16.2. The third-order valence-corrected chi connectivity index (χ3v) is 4.26. The molecule has 1 unspecified atom stereocenters. The lowest BCUT2D eigenvalue weighted by atomic mass is 10.1. The zero-order valence-corrected chi connectivity index (χ0v) is 16.5. The fraction of sp³-hybridized carbons (Fsp3) is 0.364. The number of benzene rings is 2. The van der Waals surface area contributed by atoms with E-state index in [1.54, 1.807) is 24.3 Å². The number of amides is 3. The average molecular weight is 367 g/mol. The summed E-state index contributed by atoms with van der Waals surface area (Å²) in [5.41, 5.74) is 3.72. The summed E-state index contributed by atoms with van der Waals surface area (Å²) in [4.78, 5) is 24.0. The molecular weight excluding hydrogens is 338 g/mol. The molecule has 0 fully saturated rings. The van der Waals surface area contributed by atoms with Crippen LogP contribution in [0.4, 0.5) is 16.2 Å². The van der Waals surface area contributed by atoms with E-state index in [0.29, 0.717) is 18.0 Å². The van der Waals surface area contributed by atoms with Gasteiger partial charge in [0.25, 0.3) is 0 Å². The van der Waals surface area contributed by atoms with Gasteiger partial charge in [-0.3, -0.25) is 4.79 Å². The Kier molecular flexibility index (Phi) is 7.41. The number of hydrogen-bond acceptors (Lipinski definition) is 2. The zero-order valence-electron chi connectivity index (χ0n) is 16.5. The number of carbonyl (C=O) groups excluding carboxylic acids is 2. The van der Waals surface area contributed by atoms with Gasteiger partial charge in [-0.05, 0) is 54.7 Å². The van der Waals surface area contributed by atoms with Gasteiger partial charge in [0.05, 0.1) is 6.04 Å². The quantitative estimate of drug-likeness (QED) is 0.636. The summed E-state index contributed by atoms with van der Waals surface area (Å²) in [6.45, 7) is 8.08. The Bertz CT molecular complexity index is 752. The first-order valence-corrected chi connectivity index (χ1v) is 9.43. The topological polar surface area (TPSA) is 70.2 Å². The van der Waals surface area contributed by atoms with Crippen LogP contribution in [-0.4, -0.2) is 11.9 Å². The standard InChI is InChI=1S/C22H29N3O2/c1-5-17-6-8-18(9-7-17)16(4)23-22(27)25-20-12-10-19(11-13-20)24-21(26)14-15(2)3/h6-13,15-16H,5,14H2,1-4H3,(H,24,26)(H2,23,25,27). The summed E-state index contributed by atoms with van der Waals surface area (Å²) >= 11 is 0. The smallest absolute Gasteiger partial charge is 0.319 e. The predicted octanol–water partition coefficient (Wildman–Crippen LogP) is 5.12. The molecule has 0 aliphatic heterocycles. The molecule has 1 atom stereocenters. The van der Waals surface area contributed by atoms with E-state index >= 15 is 0 Å². The van der Waals surface area contributed by atoms with Crippen LogP contribution in [0.25, 0.3) is 0 Å². The molecule has 5 nitrogen and oxygen atoms in total. The minimum atomic E-state index is -0.265. The van der Waals surface area contributed by atoms with Gasteiger partial charge >= 0.3 is 6.03 Å². The third kappa shape index (κ3) is 6.77. The van der Waals surface area contributed by atoms with E-state index in [1.807, 2.05) is 32.9 Å². The van der Waals surface area contributed by atoms with E-state index in [-0.39, 0.29) is 18.0 Å². The Morgan fingerprint density at radius 1 is 0.852 bits per heavy atom. The van der Waals surface area contributed by atoms with E-state index in [2.05, 4.69) is 35.0 Å². The number of rotatable bonds is 7. The molecule has 2 aromatic carbocycles. The third-order valence-electron chi connectivity index (χ3n) is 4.26. The number of carbonyl (C=O) groups is 2. The number of nitrogens with one attached hydrogen (secondary N) is 3. The highest BCUT2D eigenvalue weighted by Gasteiger charge is 2.10. The van der Waals surface area contributed by atoms with Gasteiger partial charge in [0, 0.05) is 17.8 Å². The fourth-order valence-electron chi connectivity index (χ4n) is 2.71. The summed E-state index contributed by atoms with van der Waals surface area (Å²) in [5, 5.41) is 8.60. The van der Waals surface area contributed by atoms with Crippen molar-refractivity contribution in [2.45, 2.75) is 46.6 Å². The summed E-state index contributed by atoms with van der Waals surface area (Å²) in [5.74, 6) is 0.307. The summed E-state index contributed by atoms with van der Waals surface area (Å²) in [6, 6.07) is 15.0. The SMILES string of the molecule is CCc1ccc(C(C)NC(=O)Nc2ccc(NC(=O)CC(C)C)cc2)cc1. The van der Waals surface area contributed by atoms with E-state index in [1.165, 1.54) is 5.56 Å². The normalized spacial score (nSPS) is 11.7. The zero-order chi connectivity index (χ0) is 19.8. The van der Waals surface area contributed by atoms with Crippen LogP contribution in [0.1, 0.15) is 51.3 Å². The minimum Gasteiger partial charge on any atom is -0.331 e. The molecule has 3 amide bonds. The summed E-state index contributed by atoms with van der Waals surface area (Å²) in [7, 11) is 0. The van der Waals surface area contributed by atoms with Crippen molar-refractivity contribution in [1.29, 1.82) is 0 Å². The molecule has 0 spiro atoms. The van der Waals surface area contributed by atoms with Crippen LogP contribution in [0.15, 0.2) is 48.5 Å². The van der Waals surface area contributed by atoms with Gasteiger partial charge < -0.3 is 16.0 Å². The Balaban J connectivity index is 1.86. The fourth-order valence-corrected chi connectivity index (χ4v) is 2.71. The molecule has 144 valence electrons. The minimum absolute atomic E-state index is 0.00799. The van der Waals surface area contributed by atoms with Crippen molar-refractivity contribution in [1.82, 2.24) is 5.32 Å². The number of urea groups is 1. The summed E-state index contributed by atoms with van der Waals surface area (Å²) in [6.07, 6.45) is 1.48. The largest absolute Gasteiger partial charge is 0.331 e. The Morgan fingerprint density at radius 2 is 1.41 bits per heavy atom. The maximum atomic E-state index is 12.2. The Labute approximate surface area is 161 Å². The molecule has 0 bridgehead atoms. The predicted molar refractivity (Wildman–Crippen MR) is 111 cm³/mol. The van der Waals surface area contributed by atoms with Crippen LogP contribution < -0.4 is 16.0 Å². The number of aryl methyl sites for hydroxylation is 1. The second-order valence-corrected chi connectivity index (χ2v) is 7.14. The van der Waals surface area contributed by atoms with Gasteiger partial charge in [-0.2, -0.15) is 0 Å². The van der Waals surface area contributed by atoms with E-state index in [4.69, 9.17) is 0 Å². The van der Waals surface area contributed by atoms with Crippen molar-refractivity contribution in [3.63, 3.8) is 0 Å². The first-order chi connectivity index (χ1) is 12.9. The first-order valence-electron chi connectivity index (χ1n) is 9.43. The Morgan fingerprint density at radius 3 is 1.93 bits per heavy atom. The van der Waals surface area contributed by atoms with Gasteiger partial charge in [0.2, 0.25) is 5.91 Å². The van der Waals surface area contributed by atoms with Crippen molar-refractivity contribution in [3.05, 3.63) is 59.7 Å². The first kappa shape index (κ1) is 20.5. The van der Waals surface area contributed by atoms with Gasteiger partial charge in [-0.15, -0.1) is 0 Å². The van der Waals surface area contributed by atoms with Crippen molar-refractivity contribution in [3.8, 4) is 0 Å². The monoisotopic (exact) mass is 367 g/mol. The molecule has 0 aliphatic rings. The van der Waals surface area contributed by atoms with E-state index in [0.717, 1.165) is 17.7 Å². The molecule has 0 radical (unpaired) electrons. The molecule has 0 saturated carbocycles. The van der Waals surface area contributed by atoms with E-state index in [9.17, 15) is 9.59 Å². The number of anilines is 2. The lowest BCUT2D eigenvalue weighted by Crippen LogP contribution is -2.31. The second-order valence-electron chi connectivity index (χ2n) is 7.14. The highest BCUT2D eigenvalue weighted by molar-refractivity contribution is 5.92. The van der Waals surface area contributed by atoms with Gasteiger partial charge in [-0.25, -0.2) is 4.79 Å². The molecule has 0 aliphatic carbocycles. The molecular formula is C22H29N3O2. The molecule has 3 N–H and O–H groups in total. The van der Waals surface area contributed by atoms with Crippen molar-refractivity contribution < 1.29 is 9.59 Å². The van der Waals surface area contributed by atoms with Crippen LogP contribution in [0, 0.1) is 5.92 Å².